The molecule has 0 amide bonds. The molecule has 0 radical (unpaired) electrons. The monoisotopic (exact) mass is 166 g/mol. The van der Waals surface area contributed by atoms with Crippen LogP contribution in [-0.4, -0.2) is 11.2 Å². The minimum Gasteiger partial charge on any atom is -0.392 e. The molecule has 0 spiro atoms. The van der Waals surface area contributed by atoms with Gasteiger partial charge in [0, 0.05) is 12.8 Å². The van der Waals surface area contributed by atoms with Crippen LogP contribution in [0.5, 0.6) is 0 Å². The van der Waals surface area contributed by atoms with Crippen LogP contribution in [0.2, 0.25) is 0 Å². The van der Waals surface area contributed by atoms with E-state index in [1.54, 1.807) is 11.3 Å². The number of hydrogen-bond acceptors (Lipinski definition) is 2. The van der Waals surface area contributed by atoms with E-state index in [0.717, 1.165) is 5.56 Å². The van der Waals surface area contributed by atoms with Crippen molar-refractivity contribution in [2.45, 2.75) is 18.9 Å². The van der Waals surface area contributed by atoms with Gasteiger partial charge in [-0.05, 0) is 22.4 Å². The van der Waals surface area contributed by atoms with E-state index >= 15 is 0 Å². The normalized spacial score (nSPS) is 12.4. The highest BCUT2D eigenvalue weighted by molar-refractivity contribution is 7.07. The lowest BCUT2D eigenvalue weighted by Gasteiger charge is -2.03. The van der Waals surface area contributed by atoms with Crippen LogP contribution in [-0.2, 0) is 6.42 Å². The van der Waals surface area contributed by atoms with Crippen molar-refractivity contribution in [2.75, 3.05) is 0 Å². The van der Waals surface area contributed by atoms with E-state index in [4.69, 9.17) is 6.42 Å². The third-order valence-electron chi connectivity index (χ3n) is 1.40. The molecule has 0 fully saturated rings. The zero-order valence-corrected chi connectivity index (χ0v) is 6.97. The van der Waals surface area contributed by atoms with Gasteiger partial charge in [0.1, 0.15) is 0 Å². The first-order valence-electron chi connectivity index (χ1n) is 3.45. The first kappa shape index (κ1) is 8.32. The van der Waals surface area contributed by atoms with Crippen molar-refractivity contribution < 1.29 is 5.11 Å². The summed E-state index contributed by atoms with van der Waals surface area (Å²) >= 11 is 1.64. The van der Waals surface area contributed by atoms with Gasteiger partial charge in [-0.25, -0.2) is 0 Å². The summed E-state index contributed by atoms with van der Waals surface area (Å²) < 4.78 is 0. The Morgan fingerprint density at radius 2 is 2.55 bits per heavy atom. The Morgan fingerprint density at radius 1 is 1.73 bits per heavy atom. The van der Waals surface area contributed by atoms with Gasteiger partial charge in [-0.3, -0.25) is 0 Å². The number of rotatable bonds is 3. The lowest BCUT2D eigenvalue weighted by Crippen LogP contribution is -2.08. The summed E-state index contributed by atoms with van der Waals surface area (Å²) in [6.07, 6.45) is 5.79. The van der Waals surface area contributed by atoms with E-state index in [1.165, 1.54) is 0 Å². The van der Waals surface area contributed by atoms with Crippen molar-refractivity contribution in [1.29, 1.82) is 0 Å². The van der Waals surface area contributed by atoms with Gasteiger partial charge in [-0.15, -0.1) is 12.3 Å². The summed E-state index contributed by atoms with van der Waals surface area (Å²) in [7, 11) is 0. The highest BCUT2D eigenvalue weighted by Crippen LogP contribution is 2.09. The molecule has 0 aliphatic carbocycles. The Morgan fingerprint density at radius 3 is 3.09 bits per heavy atom. The highest BCUT2D eigenvalue weighted by atomic mass is 32.1. The van der Waals surface area contributed by atoms with Crippen LogP contribution in [0, 0.1) is 12.3 Å². The predicted octanol–water partition coefficient (Wildman–Crippen LogP) is 1.67. The Bertz CT molecular complexity index is 233. The molecule has 1 heterocycles. The molecule has 2 heteroatoms. The summed E-state index contributed by atoms with van der Waals surface area (Å²) in [6, 6.07) is 2.00. The van der Waals surface area contributed by atoms with Crippen molar-refractivity contribution in [3.8, 4) is 12.3 Å². The maximum atomic E-state index is 9.28. The van der Waals surface area contributed by atoms with E-state index in [9.17, 15) is 5.11 Å². The molecule has 1 nitrogen and oxygen atoms in total. The minimum absolute atomic E-state index is 0.380. The molecule has 58 valence electrons. The minimum atomic E-state index is -0.380. The van der Waals surface area contributed by atoms with Crippen molar-refractivity contribution in [2.24, 2.45) is 0 Å². The van der Waals surface area contributed by atoms with Crippen LogP contribution in [0.15, 0.2) is 16.8 Å². The molecule has 1 N–H and O–H groups in total. The lowest BCUT2D eigenvalue weighted by molar-refractivity contribution is 0.181. The van der Waals surface area contributed by atoms with Crippen molar-refractivity contribution >= 4 is 11.3 Å². The van der Waals surface area contributed by atoms with Gasteiger partial charge >= 0.3 is 0 Å². The second kappa shape index (κ2) is 4.17. The first-order chi connectivity index (χ1) is 5.33. The fourth-order valence-corrected chi connectivity index (χ4v) is 1.57. The van der Waals surface area contributed by atoms with Crippen molar-refractivity contribution in [1.82, 2.24) is 0 Å². The van der Waals surface area contributed by atoms with Crippen LogP contribution in [0.4, 0.5) is 0 Å². The molecule has 0 saturated carbocycles. The number of thiophene rings is 1. The molecule has 0 saturated heterocycles. The first-order valence-corrected chi connectivity index (χ1v) is 4.40. The molecule has 0 bridgehead atoms. The second-order valence-corrected chi connectivity index (χ2v) is 3.18. The van der Waals surface area contributed by atoms with E-state index in [2.05, 4.69) is 5.92 Å². The molecule has 1 atom stereocenters. The van der Waals surface area contributed by atoms with Crippen LogP contribution < -0.4 is 0 Å². The molecule has 0 aromatic carbocycles. The smallest absolute Gasteiger partial charge is 0.0689 e. The molecular weight excluding hydrogens is 156 g/mol. The number of aliphatic hydroxyl groups excluding tert-OH is 1. The van der Waals surface area contributed by atoms with Gasteiger partial charge in [-0.2, -0.15) is 11.3 Å². The fourth-order valence-electron chi connectivity index (χ4n) is 0.889. The Hall–Kier alpha value is -0.780. The molecule has 1 rings (SSSR count). The summed E-state index contributed by atoms with van der Waals surface area (Å²) in [5, 5.41) is 13.3. The third-order valence-corrected chi connectivity index (χ3v) is 2.14. The van der Waals surface area contributed by atoms with Crippen LogP contribution >= 0.6 is 11.3 Å². The molecule has 1 unspecified atom stereocenters. The zero-order valence-electron chi connectivity index (χ0n) is 6.16. The largest absolute Gasteiger partial charge is 0.392 e. The quantitative estimate of drug-likeness (QED) is 0.677. The Balaban J connectivity index is 2.38. The van der Waals surface area contributed by atoms with E-state index < -0.39 is 0 Å². The standard InChI is InChI=1S/C9H10OS/c1-2-3-9(10)6-8-4-5-11-7-8/h1,4-5,7,9-10H,3,6H2. The van der Waals surface area contributed by atoms with E-state index in [1.807, 2.05) is 16.8 Å². The predicted molar refractivity (Wildman–Crippen MR) is 47.5 cm³/mol. The van der Waals surface area contributed by atoms with Crippen molar-refractivity contribution in [3.63, 3.8) is 0 Å². The summed E-state index contributed by atoms with van der Waals surface area (Å²) in [4.78, 5) is 0. The molecule has 11 heavy (non-hydrogen) atoms. The average molecular weight is 166 g/mol. The van der Waals surface area contributed by atoms with Gasteiger partial charge < -0.3 is 5.11 Å². The number of aliphatic hydroxyl groups is 1. The molecule has 1 aromatic heterocycles. The van der Waals surface area contributed by atoms with Gasteiger partial charge in [-0.1, -0.05) is 0 Å². The summed E-state index contributed by atoms with van der Waals surface area (Å²) in [6.45, 7) is 0. The SMILES string of the molecule is C#CCC(O)Cc1ccsc1. The van der Waals surface area contributed by atoms with Crippen LogP contribution in [0.1, 0.15) is 12.0 Å². The van der Waals surface area contributed by atoms with Gasteiger partial charge in [0.25, 0.3) is 0 Å². The van der Waals surface area contributed by atoms with Gasteiger partial charge in [0.05, 0.1) is 6.10 Å². The van der Waals surface area contributed by atoms with E-state index in [0.29, 0.717) is 12.8 Å². The van der Waals surface area contributed by atoms with Gasteiger partial charge in [0.2, 0.25) is 0 Å². The zero-order chi connectivity index (χ0) is 8.10. The maximum absolute atomic E-state index is 9.28. The second-order valence-electron chi connectivity index (χ2n) is 2.40. The Kier molecular flexibility index (Phi) is 3.15. The highest BCUT2D eigenvalue weighted by Gasteiger charge is 2.02. The lowest BCUT2D eigenvalue weighted by atomic mass is 10.1. The summed E-state index contributed by atoms with van der Waals surface area (Å²) in [5.41, 5.74) is 1.16. The topological polar surface area (TPSA) is 20.2 Å². The van der Waals surface area contributed by atoms with E-state index in [-0.39, 0.29) is 6.10 Å². The van der Waals surface area contributed by atoms with Gasteiger partial charge in [0.15, 0.2) is 0 Å². The third kappa shape index (κ3) is 2.75. The molecule has 1 aromatic rings. The molecule has 0 aliphatic heterocycles. The van der Waals surface area contributed by atoms with Crippen LogP contribution in [0.3, 0.4) is 0 Å². The average Bonchev–Trinajstić information content (AvgIpc) is 2.40. The number of terminal acetylenes is 1. The van der Waals surface area contributed by atoms with Crippen LogP contribution in [0.25, 0.3) is 0 Å². The molecular formula is C9H10OS. The van der Waals surface area contributed by atoms with Crippen molar-refractivity contribution in [3.05, 3.63) is 22.4 Å². The molecule has 0 aliphatic rings. The number of hydrogen-bond donors (Lipinski definition) is 1. The Labute approximate surface area is 70.7 Å². The maximum Gasteiger partial charge on any atom is 0.0689 e. The summed E-state index contributed by atoms with van der Waals surface area (Å²) in [5.74, 6) is 2.43. The fraction of sp³-hybridized carbons (Fsp3) is 0.333.